The van der Waals surface area contributed by atoms with E-state index < -0.39 is 5.41 Å². The monoisotopic (exact) mass is 425 g/mol. The Morgan fingerprint density at radius 2 is 1.90 bits per heavy atom. The number of hydrogen-bond acceptors (Lipinski definition) is 4. The van der Waals surface area contributed by atoms with Gasteiger partial charge in [0, 0.05) is 17.7 Å². The van der Waals surface area contributed by atoms with Gasteiger partial charge >= 0.3 is 0 Å². The lowest BCUT2D eigenvalue weighted by Gasteiger charge is -2.24. The van der Waals surface area contributed by atoms with Crippen LogP contribution in [0.25, 0.3) is 0 Å². The molecule has 1 fully saturated rings. The molecule has 2 aromatic rings. The van der Waals surface area contributed by atoms with Crippen LogP contribution in [0, 0.1) is 19.3 Å². The van der Waals surface area contributed by atoms with Gasteiger partial charge in [-0.2, -0.15) is 0 Å². The first-order valence-corrected chi connectivity index (χ1v) is 11.2. The van der Waals surface area contributed by atoms with Crippen molar-refractivity contribution in [3.05, 3.63) is 53.6 Å². The highest BCUT2D eigenvalue weighted by Gasteiger charge is 2.27. The second-order valence-electron chi connectivity index (χ2n) is 9.03. The Kier molecular flexibility index (Phi) is 7.97. The van der Waals surface area contributed by atoms with E-state index in [0.29, 0.717) is 13.2 Å². The summed E-state index contributed by atoms with van der Waals surface area (Å²) in [4.78, 5) is 12.8. The third-order valence-corrected chi connectivity index (χ3v) is 5.73. The summed E-state index contributed by atoms with van der Waals surface area (Å²) in [6.45, 7) is 10.0. The van der Waals surface area contributed by atoms with Crippen molar-refractivity contribution in [2.75, 3.05) is 25.1 Å². The summed E-state index contributed by atoms with van der Waals surface area (Å²) in [5.74, 6) is 1.72. The molecule has 1 aliphatic rings. The van der Waals surface area contributed by atoms with Crippen molar-refractivity contribution in [2.45, 2.75) is 59.5 Å². The molecule has 0 aliphatic carbocycles. The number of nitrogens with one attached hydrogen (secondary N) is 1. The van der Waals surface area contributed by atoms with Crippen LogP contribution in [0.4, 0.5) is 5.69 Å². The van der Waals surface area contributed by atoms with E-state index in [-0.39, 0.29) is 12.0 Å². The van der Waals surface area contributed by atoms with Gasteiger partial charge in [0.2, 0.25) is 5.91 Å². The molecule has 5 nitrogen and oxygen atoms in total. The molecule has 1 aliphatic heterocycles. The van der Waals surface area contributed by atoms with E-state index in [1.54, 1.807) is 0 Å². The van der Waals surface area contributed by atoms with E-state index in [1.165, 1.54) is 5.56 Å². The molecule has 5 heteroatoms. The zero-order chi connectivity index (χ0) is 22.3. The molecule has 1 atom stereocenters. The normalized spacial score (nSPS) is 16.2. The minimum absolute atomic E-state index is 0.00672. The molecule has 0 radical (unpaired) electrons. The Hall–Kier alpha value is -2.53. The van der Waals surface area contributed by atoms with Gasteiger partial charge in [-0.1, -0.05) is 26.0 Å². The number of carbonyl (C=O) groups is 1. The van der Waals surface area contributed by atoms with Gasteiger partial charge in [0.25, 0.3) is 0 Å². The second kappa shape index (κ2) is 10.7. The van der Waals surface area contributed by atoms with Crippen molar-refractivity contribution in [3.8, 4) is 11.5 Å². The van der Waals surface area contributed by atoms with Crippen LogP contribution in [0.1, 0.15) is 50.7 Å². The van der Waals surface area contributed by atoms with E-state index in [4.69, 9.17) is 14.2 Å². The largest absolute Gasteiger partial charge is 0.493 e. The quantitative estimate of drug-likeness (QED) is 0.497. The van der Waals surface area contributed by atoms with Crippen LogP contribution in [-0.2, 0) is 9.53 Å². The van der Waals surface area contributed by atoms with Gasteiger partial charge < -0.3 is 19.5 Å². The van der Waals surface area contributed by atoms with Crippen molar-refractivity contribution in [1.82, 2.24) is 0 Å². The third kappa shape index (κ3) is 7.00. The lowest BCUT2D eigenvalue weighted by molar-refractivity contribution is -0.124. The number of ether oxygens (including phenoxy) is 3. The van der Waals surface area contributed by atoms with Crippen molar-refractivity contribution in [1.29, 1.82) is 0 Å². The fourth-order valence-electron chi connectivity index (χ4n) is 3.57. The molecule has 3 rings (SSSR count). The molecule has 168 valence electrons. The molecule has 0 spiro atoms. The van der Waals surface area contributed by atoms with Gasteiger partial charge in [-0.15, -0.1) is 0 Å². The Labute approximate surface area is 186 Å². The van der Waals surface area contributed by atoms with Crippen LogP contribution in [0.5, 0.6) is 11.5 Å². The lowest BCUT2D eigenvalue weighted by Crippen LogP contribution is -2.31. The molecule has 1 N–H and O–H groups in total. The molecule has 1 unspecified atom stereocenters. The summed E-state index contributed by atoms with van der Waals surface area (Å²) in [5.41, 5.74) is 2.60. The van der Waals surface area contributed by atoms with Crippen LogP contribution in [0.3, 0.4) is 0 Å². The van der Waals surface area contributed by atoms with Gasteiger partial charge in [-0.3, -0.25) is 4.79 Å². The van der Waals surface area contributed by atoms with Crippen LogP contribution in [0.15, 0.2) is 42.5 Å². The predicted octanol–water partition coefficient (Wildman–Crippen LogP) is 5.69. The summed E-state index contributed by atoms with van der Waals surface area (Å²) >= 11 is 0. The summed E-state index contributed by atoms with van der Waals surface area (Å²) in [6.07, 6.45) is 3.90. The number of benzene rings is 2. The Morgan fingerprint density at radius 3 is 2.61 bits per heavy atom. The minimum Gasteiger partial charge on any atom is -0.493 e. The standard InChI is InChI=1S/C26H35NO4/c1-19-8-9-20(2)24(17-19)30-16-6-14-26(3,4)25(28)27-21-10-12-22(13-11-21)31-18-23-7-5-15-29-23/h8-13,17,23H,5-7,14-16,18H2,1-4H3,(H,27,28). The first kappa shape index (κ1) is 23.1. The first-order valence-electron chi connectivity index (χ1n) is 11.2. The highest BCUT2D eigenvalue weighted by Crippen LogP contribution is 2.26. The van der Waals surface area contributed by atoms with E-state index in [9.17, 15) is 4.79 Å². The van der Waals surface area contributed by atoms with Crippen LogP contribution < -0.4 is 14.8 Å². The molecule has 31 heavy (non-hydrogen) atoms. The molecule has 1 amide bonds. The topological polar surface area (TPSA) is 56.8 Å². The fourth-order valence-corrected chi connectivity index (χ4v) is 3.57. The van der Waals surface area contributed by atoms with Gasteiger partial charge in [0.05, 0.1) is 12.7 Å². The van der Waals surface area contributed by atoms with Crippen molar-refractivity contribution < 1.29 is 19.0 Å². The summed E-state index contributed by atoms with van der Waals surface area (Å²) in [6, 6.07) is 13.7. The number of aryl methyl sites for hydroxylation is 2. The highest BCUT2D eigenvalue weighted by atomic mass is 16.5. The molecule has 0 saturated carbocycles. The van der Waals surface area contributed by atoms with E-state index in [1.807, 2.05) is 45.0 Å². The Balaban J connectivity index is 1.42. The van der Waals surface area contributed by atoms with E-state index in [0.717, 1.165) is 55.0 Å². The predicted molar refractivity (Wildman–Crippen MR) is 124 cm³/mol. The fraction of sp³-hybridized carbons (Fsp3) is 0.500. The average molecular weight is 426 g/mol. The maximum atomic E-state index is 12.8. The molecule has 2 aromatic carbocycles. The van der Waals surface area contributed by atoms with Crippen molar-refractivity contribution in [2.24, 2.45) is 5.41 Å². The Morgan fingerprint density at radius 1 is 1.13 bits per heavy atom. The van der Waals surface area contributed by atoms with Gasteiger partial charge in [-0.05, 0) is 81.0 Å². The maximum absolute atomic E-state index is 12.8. The average Bonchev–Trinajstić information content (AvgIpc) is 3.27. The van der Waals surface area contributed by atoms with Crippen LogP contribution in [-0.4, -0.2) is 31.8 Å². The molecular weight excluding hydrogens is 390 g/mol. The zero-order valence-electron chi connectivity index (χ0n) is 19.2. The number of hydrogen-bond donors (Lipinski definition) is 1. The second-order valence-corrected chi connectivity index (χ2v) is 9.03. The van der Waals surface area contributed by atoms with E-state index in [2.05, 4.69) is 30.4 Å². The molecule has 0 bridgehead atoms. The van der Waals surface area contributed by atoms with Crippen molar-refractivity contribution >= 4 is 11.6 Å². The first-order chi connectivity index (χ1) is 14.8. The Bertz CT molecular complexity index is 854. The maximum Gasteiger partial charge on any atom is 0.230 e. The summed E-state index contributed by atoms with van der Waals surface area (Å²) in [7, 11) is 0. The molecule has 1 heterocycles. The zero-order valence-corrected chi connectivity index (χ0v) is 19.2. The van der Waals surface area contributed by atoms with E-state index >= 15 is 0 Å². The third-order valence-electron chi connectivity index (χ3n) is 5.73. The van der Waals surface area contributed by atoms with Crippen LogP contribution >= 0.6 is 0 Å². The molecular formula is C26H35NO4. The smallest absolute Gasteiger partial charge is 0.230 e. The molecule has 1 saturated heterocycles. The SMILES string of the molecule is Cc1ccc(C)c(OCCCC(C)(C)C(=O)Nc2ccc(OCC3CCCO3)cc2)c1. The van der Waals surface area contributed by atoms with Gasteiger partial charge in [0.1, 0.15) is 18.1 Å². The number of rotatable bonds is 10. The number of anilines is 1. The van der Waals surface area contributed by atoms with Crippen LogP contribution in [0.2, 0.25) is 0 Å². The van der Waals surface area contributed by atoms with Gasteiger partial charge in [0.15, 0.2) is 0 Å². The van der Waals surface area contributed by atoms with Crippen molar-refractivity contribution in [3.63, 3.8) is 0 Å². The highest BCUT2D eigenvalue weighted by molar-refractivity contribution is 5.94. The summed E-state index contributed by atoms with van der Waals surface area (Å²) in [5, 5.41) is 3.02. The molecule has 0 aromatic heterocycles. The minimum atomic E-state index is -0.486. The lowest BCUT2D eigenvalue weighted by atomic mass is 9.87. The summed E-state index contributed by atoms with van der Waals surface area (Å²) < 4.78 is 17.3. The number of amides is 1. The van der Waals surface area contributed by atoms with Gasteiger partial charge in [-0.25, -0.2) is 0 Å². The number of carbonyl (C=O) groups excluding carboxylic acids is 1.